The molecule has 3 nitrogen and oxygen atoms in total. The fraction of sp³-hybridized carbons (Fsp3) is 0.182. The van der Waals surface area contributed by atoms with Gasteiger partial charge in [-0.05, 0) is 23.3 Å². The van der Waals surface area contributed by atoms with E-state index in [0.29, 0.717) is 6.54 Å². The summed E-state index contributed by atoms with van der Waals surface area (Å²) in [6, 6.07) is 4.61. The summed E-state index contributed by atoms with van der Waals surface area (Å²) < 4.78 is 14.8. The fourth-order valence-corrected chi connectivity index (χ4v) is 1.56. The lowest BCUT2D eigenvalue weighted by molar-refractivity contribution is 0.627. The van der Waals surface area contributed by atoms with E-state index in [9.17, 15) is 4.39 Å². The maximum absolute atomic E-state index is 13.1. The molecule has 0 amide bonds. The maximum Gasteiger partial charge on any atom is 0.123 e. The van der Waals surface area contributed by atoms with Crippen LogP contribution in [0.4, 0.5) is 4.39 Å². The largest absolute Gasteiger partial charge is 0.326 e. The second-order valence-corrected chi connectivity index (χ2v) is 3.41. The lowest BCUT2D eigenvalue weighted by Crippen LogP contribution is -1.99. The van der Waals surface area contributed by atoms with E-state index in [4.69, 9.17) is 5.73 Å². The first kappa shape index (κ1) is 9.86. The minimum absolute atomic E-state index is 0.258. The Morgan fingerprint density at radius 1 is 1.47 bits per heavy atom. The van der Waals surface area contributed by atoms with Crippen molar-refractivity contribution in [2.24, 2.45) is 12.8 Å². The first-order valence-electron chi connectivity index (χ1n) is 4.68. The van der Waals surface area contributed by atoms with Crippen molar-refractivity contribution in [3.8, 4) is 11.1 Å². The fourth-order valence-electron chi connectivity index (χ4n) is 1.56. The Hall–Kier alpha value is -1.68. The summed E-state index contributed by atoms with van der Waals surface area (Å²) >= 11 is 0. The Labute approximate surface area is 87.3 Å². The van der Waals surface area contributed by atoms with E-state index < -0.39 is 0 Å². The molecule has 2 aromatic rings. The topological polar surface area (TPSA) is 43.8 Å². The van der Waals surface area contributed by atoms with E-state index in [2.05, 4.69) is 5.10 Å². The van der Waals surface area contributed by atoms with Crippen molar-refractivity contribution >= 4 is 0 Å². The zero-order valence-electron chi connectivity index (χ0n) is 8.44. The molecular formula is C11H12FN3. The highest BCUT2D eigenvalue weighted by Crippen LogP contribution is 2.23. The number of nitrogens with zero attached hydrogens (tertiary/aromatic N) is 2. The molecule has 78 valence electrons. The van der Waals surface area contributed by atoms with Crippen molar-refractivity contribution in [1.82, 2.24) is 9.78 Å². The minimum atomic E-state index is -0.258. The second-order valence-electron chi connectivity index (χ2n) is 3.41. The molecule has 1 aromatic carbocycles. The van der Waals surface area contributed by atoms with Gasteiger partial charge in [-0.15, -0.1) is 0 Å². The summed E-state index contributed by atoms with van der Waals surface area (Å²) in [5.41, 5.74) is 8.21. The Balaban J connectivity index is 2.55. The predicted molar refractivity (Wildman–Crippen MR) is 56.5 cm³/mol. The monoisotopic (exact) mass is 205 g/mol. The van der Waals surface area contributed by atoms with E-state index in [1.54, 1.807) is 16.9 Å². The van der Waals surface area contributed by atoms with Gasteiger partial charge in [0.1, 0.15) is 5.82 Å². The summed E-state index contributed by atoms with van der Waals surface area (Å²) in [4.78, 5) is 0. The number of nitrogens with two attached hydrogens (primary N) is 1. The van der Waals surface area contributed by atoms with Crippen molar-refractivity contribution in [2.75, 3.05) is 0 Å². The lowest BCUT2D eigenvalue weighted by atomic mass is 10.0. The summed E-state index contributed by atoms with van der Waals surface area (Å²) in [6.07, 6.45) is 3.54. The molecule has 0 unspecified atom stereocenters. The molecule has 0 aliphatic rings. The molecule has 15 heavy (non-hydrogen) atoms. The molecule has 0 spiro atoms. The van der Waals surface area contributed by atoms with Gasteiger partial charge in [0.15, 0.2) is 0 Å². The highest BCUT2D eigenvalue weighted by atomic mass is 19.1. The third kappa shape index (κ3) is 1.89. The van der Waals surface area contributed by atoms with Crippen LogP contribution in [-0.2, 0) is 13.6 Å². The average molecular weight is 205 g/mol. The van der Waals surface area contributed by atoms with Gasteiger partial charge in [-0.3, -0.25) is 4.68 Å². The zero-order valence-corrected chi connectivity index (χ0v) is 8.44. The zero-order chi connectivity index (χ0) is 10.8. The van der Waals surface area contributed by atoms with Gasteiger partial charge in [0.2, 0.25) is 0 Å². The van der Waals surface area contributed by atoms with Crippen LogP contribution in [0.15, 0.2) is 30.6 Å². The van der Waals surface area contributed by atoms with Crippen LogP contribution in [0.3, 0.4) is 0 Å². The van der Waals surface area contributed by atoms with E-state index >= 15 is 0 Å². The van der Waals surface area contributed by atoms with Crippen LogP contribution in [0.2, 0.25) is 0 Å². The first-order valence-corrected chi connectivity index (χ1v) is 4.68. The van der Waals surface area contributed by atoms with Crippen LogP contribution >= 0.6 is 0 Å². The lowest BCUT2D eigenvalue weighted by Gasteiger charge is -2.05. The Morgan fingerprint density at radius 2 is 2.27 bits per heavy atom. The molecule has 2 rings (SSSR count). The highest BCUT2D eigenvalue weighted by Gasteiger charge is 2.06. The second kappa shape index (κ2) is 3.82. The third-order valence-electron chi connectivity index (χ3n) is 2.31. The van der Waals surface area contributed by atoms with Gasteiger partial charge in [-0.2, -0.15) is 5.10 Å². The quantitative estimate of drug-likeness (QED) is 0.810. The molecule has 0 aliphatic heterocycles. The standard InChI is InChI=1S/C11H12FN3/c1-15-7-9(6-14-15)11-4-10(12)3-2-8(11)5-13/h2-4,6-7H,5,13H2,1H3. The molecule has 0 atom stereocenters. The number of aromatic nitrogens is 2. The number of hydrogen-bond acceptors (Lipinski definition) is 2. The van der Waals surface area contributed by atoms with Gasteiger partial charge in [-0.1, -0.05) is 6.07 Å². The first-order chi connectivity index (χ1) is 7.20. The van der Waals surface area contributed by atoms with Crippen LogP contribution in [0.5, 0.6) is 0 Å². The summed E-state index contributed by atoms with van der Waals surface area (Å²) in [5.74, 6) is -0.258. The van der Waals surface area contributed by atoms with Crippen molar-refractivity contribution in [1.29, 1.82) is 0 Å². The van der Waals surface area contributed by atoms with Crippen LogP contribution in [-0.4, -0.2) is 9.78 Å². The third-order valence-corrected chi connectivity index (χ3v) is 2.31. The molecule has 0 saturated carbocycles. The van der Waals surface area contributed by atoms with Gasteiger partial charge in [0, 0.05) is 25.4 Å². The Kier molecular flexibility index (Phi) is 2.51. The van der Waals surface area contributed by atoms with Crippen LogP contribution < -0.4 is 5.73 Å². The number of hydrogen-bond donors (Lipinski definition) is 1. The van der Waals surface area contributed by atoms with E-state index in [1.807, 2.05) is 13.2 Å². The van der Waals surface area contributed by atoms with E-state index in [-0.39, 0.29) is 5.82 Å². The number of rotatable bonds is 2. The van der Waals surface area contributed by atoms with Crippen molar-refractivity contribution in [3.05, 3.63) is 42.0 Å². The van der Waals surface area contributed by atoms with Crippen LogP contribution in [0.25, 0.3) is 11.1 Å². The van der Waals surface area contributed by atoms with Gasteiger partial charge < -0.3 is 5.73 Å². The minimum Gasteiger partial charge on any atom is -0.326 e. The summed E-state index contributed by atoms with van der Waals surface area (Å²) in [5, 5.41) is 4.05. The van der Waals surface area contributed by atoms with Gasteiger partial charge in [-0.25, -0.2) is 4.39 Å². The summed E-state index contributed by atoms with van der Waals surface area (Å²) in [7, 11) is 1.82. The number of aryl methyl sites for hydroxylation is 1. The van der Waals surface area contributed by atoms with E-state index in [1.165, 1.54) is 12.1 Å². The SMILES string of the molecule is Cn1cc(-c2cc(F)ccc2CN)cn1. The van der Waals surface area contributed by atoms with Gasteiger partial charge >= 0.3 is 0 Å². The molecule has 0 fully saturated rings. The Bertz CT molecular complexity index is 476. The summed E-state index contributed by atoms with van der Waals surface area (Å²) in [6.45, 7) is 0.393. The molecule has 4 heteroatoms. The van der Waals surface area contributed by atoms with Gasteiger partial charge in [0.05, 0.1) is 6.20 Å². The molecule has 1 aromatic heterocycles. The Morgan fingerprint density at radius 3 is 2.87 bits per heavy atom. The normalized spacial score (nSPS) is 10.6. The number of benzene rings is 1. The number of halogens is 1. The van der Waals surface area contributed by atoms with Crippen LogP contribution in [0.1, 0.15) is 5.56 Å². The van der Waals surface area contributed by atoms with Crippen molar-refractivity contribution in [2.45, 2.75) is 6.54 Å². The molecule has 0 aliphatic carbocycles. The smallest absolute Gasteiger partial charge is 0.123 e. The molecule has 0 radical (unpaired) electrons. The molecular weight excluding hydrogens is 193 g/mol. The van der Waals surface area contributed by atoms with Crippen molar-refractivity contribution < 1.29 is 4.39 Å². The van der Waals surface area contributed by atoms with Crippen molar-refractivity contribution in [3.63, 3.8) is 0 Å². The molecule has 1 heterocycles. The van der Waals surface area contributed by atoms with Crippen LogP contribution in [0, 0.1) is 5.82 Å². The molecule has 0 bridgehead atoms. The average Bonchev–Trinajstić information content (AvgIpc) is 2.65. The maximum atomic E-state index is 13.1. The predicted octanol–water partition coefficient (Wildman–Crippen LogP) is 1.68. The van der Waals surface area contributed by atoms with E-state index in [0.717, 1.165) is 16.7 Å². The van der Waals surface area contributed by atoms with Gasteiger partial charge in [0.25, 0.3) is 0 Å². The molecule has 0 saturated heterocycles. The highest BCUT2D eigenvalue weighted by molar-refractivity contribution is 5.66. The molecule has 2 N–H and O–H groups in total.